The molecule has 3 nitrogen and oxygen atoms in total. The van der Waals surface area contributed by atoms with E-state index < -0.39 is 0 Å². The highest BCUT2D eigenvalue weighted by atomic mass is 16.5. The summed E-state index contributed by atoms with van der Waals surface area (Å²) in [4.78, 5) is 0. The van der Waals surface area contributed by atoms with Crippen LogP contribution < -0.4 is 9.47 Å². The van der Waals surface area contributed by atoms with Crippen LogP contribution in [0.25, 0.3) is 22.0 Å². The molecule has 0 N–H and O–H groups in total. The maximum absolute atomic E-state index is 5.31. The molecule has 0 aliphatic heterocycles. The van der Waals surface area contributed by atoms with Crippen LogP contribution in [0.5, 0.6) is 11.5 Å². The first kappa shape index (κ1) is 17.0. The third kappa shape index (κ3) is 3.20. The Labute approximate surface area is 159 Å². The molecule has 0 aliphatic carbocycles. The van der Waals surface area contributed by atoms with Crippen LogP contribution in [0.1, 0.15) is 11.3 Å². The minimum atomic E-state index is 0.844. The summed E-state index contributed by atoms with van der Waals surface area (Å²) >= 11 is 0. The second-order valence-corrected chi connectivity index (χ2v) is 6.37. The molecule has 134 valence electrons. The van der Waals surface area contributed by atoms with Gasteiger partial charge in [-0.25, -0.2) is 0 Å². The van der Waals surface area contributed by atoms with Crippen molar-refractivity contribution in [2.75, 3.05) is 14.2 Å². The van der Waals surface area contributed by atoms with E-state index in [0.29, 0.717) is 0 Å². The number of methoxy groups -OCH3 is 2. The molecule has 27 heavy (non-hydrogen) atoms. The predicted molar refractivity (Wildman–Crippen MR) is 111 cm³/mol. The van der Waals surface area contributed by atoms with Gasteiger partial charge >= 0.3 is 0 Å². The highest BCUT2D eigenvalue weighted by molar-refractivity contribution is 5.89. The molecule has 0 atom stereocenters. The van der Waals surface area contributed by atoms with Gasteiger partial charge in [0.1, 0.15) is 11.5 Å². The molecule has 0 amide bonds. The molecule has 3 heteroatoms. The lowest BCUT2D eigenvalue weighted by Gasteiger charge is -2.13. The third-order valence-electron chi connectivity index (χ3n) is 4.80. The Morgan fingerprint density at radius 3 is 2.19 bits per heavy atom. The average Bonchev–Trinajstić information content (AvgIpc) is 3.22. The van der Waals surface area contributed by atoms with Crippen molar-refractivity contribution >= 4 is 16.3 Å². The van der Waals surface area contributed by atoms with Crippen LogP contribution in [0.3, 0.4) is 0 Å². The summed E-state index contributed by atoms with van der Waals surface area (Å²) in [5.74, 6) is 1.71. The van der Waals surface area contributed by atoms with Crippen LogP contribution >= 0.6 is 0 Å². The van der Waals surface area contributed by atoms with Crippen LogP contribution in [0.15, 0.2) is 85.6 Å². The predicted octanol–water partition coefficient (Wildman–Crippen LogP) is 5.71. The third-order valence-corrected chi connectivity index (χ3v) is 4.80. The number of ether oxygens (including phenoxy) is 2. The molecule has 0 bridgehead atoms. The van der Waals surface area contributed by atoms with E-state index in [1.165, 1.54) is 0 Å². The molecule has 0 aliphatic rings. The summed E-state index contributed by atoms with van der Waals surface area (Å²) in [6.07, 6.45) is 2.05. The Morgan fingerprint density at radius 1 is 0.778 bits per heavy atom. The molecule has 0 spiro atoms. The van der Waals surface area contributed by atoms with Gasteiger partial charge in [-0.2, -0.15) is 0 Å². The van der Waals surface area contributed by atoms with Crippen molar-refractivity contribution in [3.05, 3.63) is 96.8 Å². The first-order chi connectivity index (χ1) is 13.2. The quantitative estimate of drug-likeness (QED) is 0.458. The topological polar surface area (TPSA) is 23.4 Å². The molecule has 0 saturated carbocycles. The van der Waals surface area contributed by atoms with Crippen molar-refractivity contribution in [2.24, 2.45) is 0 Å². The van der Waals surface area contributed by atoms with Gasteiger partial charge in [-0.3, -0.25) is 0 Å². The molecule has 1 aromatic heterocycles. The number of nitrogens with zero attached hydrogens (tertiary/aromatic N) is 1. The van der Waals surface area contributed by atoms with Gasteiger partial charge in [0, 0.05) is 11.9 Å². The Morgan fingerprint density at radius 2 is 1.44 bits per heavy atom. The van der Waals surface area contributed by atoms with E-state index >= 15 is 0 Å². The second-order valence-electron chi connectivity index (χ2n) is 6.37. The van der Waals surface area contributed by atoms with Gasteiger partial charge < -0.3 is 14.0 Å². The summed E-state index contributed by atoms with van der Waals surface area (Å²) in [6.45, 7) is 4.36. The summed E-state index contributed by atoms with van der Waals surface area (Å²) in [7, 11) is 3.36. The van der Waals surface area contributed by atoms with E-state index in [4.69, 9.17) is 9.47 Å². The number of fused-ring (bicyclic) bond motifs is 1. The molecule has 0 radical (unpaired) electrons. The van der Waals surface area contributed by atoms with Gasteiger partial charge in [-0.05, 0) is 76.5 Å². The van der Waals surface area contributed by atoms with Crippen molar-refractivity contribution < 1.29 is 9.47 Å². The van der Waals surface area contributed by atoms with Gasteiger partial charge in [0.2, 0.25) is 0 Å². The Bertz CT molecular complexity index is 1110. The van der Waals surface area contributed by atoms with Crippen molar-refractivity contribution in [1.29, 1.82) is 0 Å². The number of benzene rings is 3. The Hall–Kier alpha value is -3.46. The molecule has 1 heterocycles. The fraction of sp³-hybridized carbons (Fsp3) is 0.0833. The summed E-state index contributed by atoms with van der Waals surface area (Å²) in [5, 5.41) is 2.31. The van der Waals surface area contributed by atoms with E-state index in [9.17, 15) is 0 Å². The number of hydrogen-bond acceptors (Lipinski definition) is 2. The van der Waals surface area contributed by atoms with E-state index in [1.54, 1.807) is 14.2 Å². The fourth-order valence-electron chi connectivity index (χ4n) is 3.28. The summed E-state index contributed by atoms with van der Waals surface area (Å²) < 4.78 is 12.7. The van der Waals surface area contributed by atoms with Crippen molar-refractivity contribution in [2.45, 2.75) is 0 Å². The normalized spacial score (nSPS) is 10.7. The minimum Gasteiger partial charge on any atom is -0.497 e. The van der Waals surface area contributed by atoms with Gasteiger partial charge in [0.25, 0.3) is 0 Å². The van der Waals surface area contributed by atoms with E-state index in [0.717, 1.165) is 44.8 Å². The minimum absolute atomic E-state index is 0.844. The van der Waals surface area contributed by atoms with Crippen LogP contribution in [0.2, 0.25) is 0 Å². The zero-order valence-electron chi connectivity index (χ0n) is 15.5. The lowest BCUT2D eigenvalue weighted by Crippen LogP contribution is -1.99. The maximum atomic E-state index is 5.31. The maximum Gasteiger partial charge on any atom is 0.119 e. The van der Waals surface area contributed by atoms with Gasteiger partial charge in [-0.15, -0.1) is 0 Å². The molecule has 0 unspecified atom stereocenters. The van der Waals surface area contributed by atoms with Gasteiger partial charge in [-0.1, -0.05) is 24.8 Å². The van der Waals surface area contributed by atoms with E-state index in [1.807, 2.05) is 48.7 Å². The van der Waals surface area contributed by atoms with Crippen molar-refractivity contribution in [3.8, 4) is 17.2 Å². The fourth-order valence-corrected chi connectivity index (χ4v) is 3.28. The lowest BCUT2D eigenvalue weighted by molar-refractivity contribution is 0.414. The molecule has 0 saturated heterocycles. The van der Waals surface area contributed by atoms with Crippen molar-refractivity contribution in [1.82, 2.24) is 4.57 Å². The zero-order valence-corrected chi connectivity index (χ0v) is 15.5. The van der Waals surface area contributed by atoms with Crippen molar-refractivity contribution in [3.63, 3.8) is 0 Å². The van der Waals surface area contributed by atoms with E-state index in [2.05, 4.69) is 41.5 Å². The zero-order chi connectivity index (χ0) is 18.8. The van der Waals surface area contributed by atoms with Gasteiger partial charge in [0.05, 0.1) is 19.9 Å². The molecule has 3 aromatic carbocycles. The number of rotatable bonds is 5. The Balaban J connectivity index is 1.71. The standard InChI is InChI=1S/C24H21NO2/c1-17(18-6-7-20-16-23(27-3)11-8-19(20)15-18)24-5-4-14-25(24)21-9-12-22(26-2)13-10-21/h4-16H,1H2,2-3H3. The highest BCUT2D eigenvalue weighted by Crippen LogP contribution is 2.29. The van der Waals surface area contributed by atoms with Gasteiger partial charge in [0.15, 0.2) is 0 Å². The van der Waals surface area contributed by atoms with E-state index in [-0.39, 0.29) is 0 Å². The summed E-state index contributed by atoms with van der Waals surface area (Å²) in [6, 6.07) is 24.6. The second kappa shape index (κ2) is 7.04. The number of hydrogen-bond donors (Lipinski definition) is 0. The molecule has 4 rings (SSSR count). The molecular weight excluding hydrogens is 334 g/mol. The highest BCUT2D eigenvalue weighted by Gasteiger charge is 2.10. The molecule has 4 aromatic rings. The lowest BCUT2D eigenvalue weighted by atomic mass is 10.00. The largest absolute Gasteiger partial charge is 0.497 e. The first-order valence-corrected chi connectivity index (χ1v) is 8.79. The molecular formula is C24H21NO2. The molecule has 0 fully saturated rings. The van der Waals surface area contributed by atoms with Crippen LogP contribution in [0, 0.1) is 0 Å². The number of aromatic nitrogens is 1. The smallest absolute Gasteiger partial charge is 0.119 e. The first-order valence-electron chi connectivity index (χ1n) is 8.79. The monoisotopic (exact) mass is 355 g/mol. The average molecular weight is 355 g/mol. The van der Waals surface area contributed by atoms with Crippen LogP contribution in [-0.4, -0.2) is 18.8 Å². The summed E-state index contributed by atoms with van der Waals surface area (Å²) in [5.41, 5.74) is 4.21. The Kier molecular flexibility index (Phi) is 4.43. The van der Waals surface area contributed by atoms with Crippen LogP contribution in [-0.2, 0) is 0 Å². The SMILES string of the molecule is C=C(c1ccc2cc(OC)ccc2c1)c1cccn1-c1ccc(OC)cc1. The van der Waals surface area contributed by atoms with Crippen LogP contribution in [0.4, 0.5) is 0 Å².